The van der Waals surface area contributed by atoms with E-state index in [1.165, 1.54) is 12.1 Å². The number of aliphatic hydroxyl groups excluding tert-OH is 1. The Hall–Kier alpha value is -1.66. The first-order valence-corrected chi connectivity index (χ1v) is 4.40. The third-order valence-corrected chi connectivity index (χ3v) is 1.75. The molecule has 6 nitrogen and oxygen atoms in total. The highest BCUT2D eigenvalue weighted by atomic mass is 16.6. The number of hydrogen-bond donors (Lipinski definition) is 3. The average molecular weight is 213 g/mol. The van der Waals surface area contributed by atoms with Gasteiger partial charge >= 0.3 is 5.69 Å². The number of aliphatic hydroxyl groups is 1. The Morgan fingerprint density at radius 2 is 2.27 bits per heavy atom. The van der Waals surface area contributed by atoms with Gasteiger partial charge in [0.05, 0.1) is 11.0 Å². The number of ether oxygens (including phenoxy) is 1. The van der Waals surface area contributed by atoms with Crippen molar-refractivity contribution >= 4 is 5.69 Å². The van der Waals surface area contributed by atoms with Crippen molar-refractivity contribution in [2.45, 2.75) is 6.10 Å². The van der Waals surface area contributed by atoms with Crippen LogP contribution in [-0.4, -0.2) is 34.5 Å². The van der Waals surface area contributed by atoms with Crippen LogP contribution in [-0.2, 0) is 0 Å². The zero-order valence-corrected chi connectivity index (χ0v) is 8.04. The van der Waals surface area contributed by atoms with Crippen LogP contribution >= 0.6 is 0 Å². The number of hydrogen-bond acceptors (Lipinski definition) is 4. The number of nitrogens with two attached hydrogens (primary N) is 1. The third-order valence-electron chi connectivity index (χ3n) is 1.75. The minimum atomic E-state index is -0.744. The molecule has 0 bridgehead atoms. The Labute approximate surface area is 86.4 Å². The highest BCUT2D eigenvalue weighted by molar-refractivity contribution is 5.37. The number of rotatable bonds is 5. The molecule has 0 aliphatic rings. The quantitative estimate of drug-likeness (QED) is 0.606. The van der Waals surface area contributed by atoms with E-state index >= 15 is 0 Å². The molecule has 0 aliphatic carbocycles. The standard InChI is InChI=1S/C9H13N2O4/c10-5-8(12)6-15-9-3-1-2-7(4-9)11(13)14/h1-4,8,12H,5-6,10H2,(H,13,14)/q+1. The van der Waals surface area contributed by atoms with Crippen molar-refractivity contribution in [2.24, 2.45) is 5.73 Å². The van der Waals surface area contributed by atoms with Crippen molar-refractivity contribution < 1.29 is 20.0 Å². The van der Waals surface area contributed by atoms with Crippen molar-refractivity contribution in [3.63, 3.8) is 0 Å². The largest absolute Gasteiger partial charge is 0.491 e. The summed E-state index contributed by atoms with van der Waals surface area (Å²) in [5, 5.41) is 17.8. The maximum atomic E-state index is 10.5. The Morgan fingerprint density at radius 3 is 2.87 bits per heavy atom. The Balaban J connectivity index is 2.62. The molecule has 1 unspecified atom stereocenters. The lowest BCUT2D eigenvalue weighted by atomic mass is 10.3. The van der Waals surface area contributed by atoms with E-state index < -0.39 is 6.10 Å². The summed E-state index contributed by atoms with van der Waals surface area (Å²) in [7, 11) is 0. The second-order valence-corrected chi connectivity index (χ2v) is 2.97. The molecule has 0 heterocycles. The lowest BCUT2D eigenvalue weighted by molar-refractivity contribution is -0.729. The predicted molar refractivity (Wildman–Crippen MR) is 52.1 cm³/mol. The van der Waals surface area contributed by atoms with Crippen LogP contribution in [0.5, 0.6) is 5.75 Å². The number of nitrogens with zero attached hydrogens (tertiary/aromatic N) is 1. The highest BCUT2D eigenvalue weighted by Crippen LogP contribution is 2.18. The molecule has 1 rings (SSSR count). The Kier molecular flexibility index (Phi) is 4.02. The SMILES string of the molecule is NCC(O)COc1cccc([N+](=O)O)c1. The molecular formula is C9H13N2O4+. The van der Waals surface area contributed by atoms with Gasteiger partial charge in [-0.25, -0.2) is 5.21 Å². The monoisotopic (exact) mass is 213 g/mol. The van der Waals surface area contributed by atoms with E-state index in [9.17, 15) is 4.91 Å². The fraction of sp³-hybridized carbons (Fsp3) is 0.333. The molecule has 1 aromatic rings. The van der Waals surface area contributed by atoms with E-state index in [2.05, 4.69) is 0 Å². The van der Waals surface area contributed by atoms with E-state index in [1.54, 1.807) is 12.1 Å². The van der Waals surface area contributed by atoms with Crippen molar-refractivity contribution in [1.82, 2.24) is 0 Å². The van der Waals surface area contributed by atoms with Crippen molar-refractivity contribution in [2.75, 3.05) is 13.2 Å². The molecule has 0 amide bonds. The van der Waals surface area contributed by atoms with Gasteiger partial charge in [0.15, 0.2) is 0 Å². The molecule has 0 saturated heterocycles. The van der Waals surface area contributed by atoms with Crippen LogP contribution in [0.2, 0.25) is 0 Å². The zero-order valence-electron chi connectivity index (χ0n) is 8.04. The van der Waals surface area contributed by atoms with Crippen LogP contribution in [0.15, 0.2) is 24.3 Å². The Morgan fingerprint density at radius 1 is 1.53 bits per heavy atom. The second kappa shape index (κ2) is 5.28. The lowest BCUT2D eigenvalue weighted by Gasteiger charge is -2.09. The van der Waals surface area contributed by atoms with Crippen LogP contribution in [0.25, 0.3) is 0 Å². The zero-order chi connectivity index (χ0) is 11.3. The van der Waals surface area contributed by atoms with E-state index in [-0.39, 0.29) is 23.8 Å². The van der Waals surface area contributed by atoms with Gasteiger partial charge in [0.1, 0.15) is 18.5 Å². The highest BCUT2D eigenvalue weighted by Gasteiger charge is 2.12. The molecule has 82 valence electrons. The maximum absolute atomic E-state index is 10.5. The van der Waals surface area contributed by atoms with E-state index in [0.717, 1.165) is 0 Å². The topological polar surface area (TPSA) is 95.8 Å². The normalized spacial score (nSPS) is 12.1. The predicted octanol–water partition coefficient (Wildman–Crippen LogP) is 0.185. The summed E-state index contributed by atoms with van der Waals surface area (Å²) in [6.45, 7) is 0.150. The minimum absolute atomic E-state index is 0.0459. The first-order chi connectivity index (χ1) is 7.13. The van der Waals surface area contributed by atoms with E-state index in [1.807, 2.05) is 0 Å². The molecule has 0 fully saturated rings. The van der Waals surface area contributed by atoms with Gasteiger partial charge in [-0.2, -0.15) is 0 Å². The fourth-order valence-corrected chi connectivity index (χ4v) is 0.953. The molecule has 4 N–H and O–H groups in total. The summed E-state index contributed by atoms with van der Waals surface area (Å²) in [4.78, 5) is 10.3. The second-order valence-electron chi connectivity index (χ2n) is 2.97. The summed E-state index contributed by atoms with van der Waals surface area (Å²) in [6.07, 6.45) is -0.744. The van der Waals surface area contributed by atoms with Crippen molar-refractivity contribution in [1.29, 1.82) is 0 Å². The van der Waals surface area contributed by atoms with Crippen LogP contribution in [0.1, 0.15) is 0 Å². The van der Waals surface area contributed by atoms with Gasteiger partial charge in [-0.05, 0) is 6.07 Å². The summed E-state index contributed by atoms with van der Waals surface area (Å²) in [6, 6.07) is 5.95. The fourth-order valence-electron chi connectivity index (χ4n) is 0.953. The first kappa shape index (κ1) is 11.4. The first-order valence-electron chi connectivity index (χ1n) is 4.40. The van der Waals surface area contributed by atoms with Crippen LogP contribution in [0.4, 0.5) is 5.69 Å². The Bertz CT molecular complexity index is 343. The molecule has 6 heteroatoms. The summed E-state index contributed by atoms with van der Waals surface area (Å²) >= 11 is 0. The van der Waals surface area contributed by atoms with Gasteiger partial charge in [-0.1, -0.05) is 6.07 Å². The van der Waals surface area contributed by atoms with Gasteiger partial charge < -0.3 is 15.6 Å². The summed E-state index contributed by atoms with van der Waals surface area (Å²) in [5.74, 6) is 0.384. The van der Waals surface area contributed by atoms with Crippen LogP contribution in [0, 0.1) is 4.91 Å². The summed E-state index contributed by atoms with van der Waals surface area (Å²) in [5.41, 5.74) is 5.25. The third kappa shape index (κ3) is 3.53. The van der Waals surface area contributed by atoms with Gasteiger partial charge in [-0.15, -0.1) is 0 Å². The molecule has 0 saturated carbocycles. The van der Waals surface area contributed by atoms with Gasteiger partial charge in [0.2, 0.25) is 0 Å². The maximum Gasteiger partial charge on any atom is 0.320 e. The molecule has 0 radical (unpaired) electrons. The van der Waals surface area contributed by atoms with Crippen molar-refractivity contribution in [3.05, 3.63) is 29.2 Å². The molecular weight excluding hydrogens is 200 g/mol. The van der Waals surface area contributed by atoms with Gasteiger partial charge in [0, 0.05) is 12.6 Å². The molecule has 0 aromatic heterocycles. The molecule has 15 heavy (non-hydrogen) atoms. The average Bonchev–Trinajstić information content (AvgIpc) is 2.26. The van der Waals surface area contributed by atoms with Crippen LogP contribution < -0.4 is 10.5 Å². The lowest BCUT2D eigenvalue weighted by Crippen LogP contribution is -2.26. The van der Waals surface area contributed by atoms with Crippen LogP contribution in [0.3, 0.4) is 0 Å². The minimum Gasteiger partial charge on any atom is -0.491 e. The number of benzene rings is 1. The molecule has 0 spiro atoms. The van der Waals surface area contributed by atoms with Gasteiger partial charge in [-0.3, -0.25) is 0 Å². The molecule has 1 aromatic carbocycles. The van der Waals surface area contributed by atoms with E-state index in [0.29, 0.717) is 5.75 Å². The molecule has 1 atom stereocenters. The summed E-state index contributed by atoms with van der Waals surface area (Å²) < 4.78 is 5.14. The van der Waals surface area contributed by atoms with Gasteiger partial charge in [0.25, 0.3) is 4.92 Å². The molecule has 0 aliphatic heterocycles. The smallest absolute Gasteiger partial charge is 0.320 e. The van der Waals surface area contributed by atoms with E-state index in [4.69, 9.17) is 20.8 Å². The van der Waals surface area contributed by atoms with Crippen molar-refractivity contribution in [3.8, 4) is 5.75 Å².